The van der Waals surface area contributed by atoms with Gasteiger partial charge in [-0.25, -0.2) is 9.69 Å². The average Bonchev–Trinajstić information content (AvgIpc) is 3.06. The number of methoxy groups -OCH3 is 1. The predicted molar refractivity (Wildman–Crippen MR) is 114 cm³/mol. The summed E-state index contributed by atoms with van der Waals surface area (Å²) in [5, 5.41) is 2.63. The van der Waals surface area contributed by atoms with E-state index < -0.39 is 11.9 Å². The Balaban J connectivity index is 1.57. The van der Waals surface area contributed by atoms with Crippen molar-refractivity contribution in [1.82, 2.24) is 5.32 Å². The molecule has 1 aliphatic heterocycles. The number of carbonyl (C=O) groups excluding carboxylic acids is 2. The Morgan fingerprint density at radius 1 is 0.900 bits per heavy atom. The fourth-order valence-corrected chi connectivity index (χ4v) is 3.14. The summed E-state index contributed by atoms with van der Waals surface area (Å²) in [7, 11) is 1.57. The molecule has 30 heavy (non-hydrogen) atoms. The lowest BCUT2D eigenvalue weighted by Crippen LogP contribution is -2.30. The third-order valence-electron chi connectivity index (χ3n) is 4.63. The van der Waals surface area contributed by atoms with E-state index in [-0.39, 0.29) is 5.70 Å². The van der Waals surface area contributed by atoms with Gasteiger partial charge in [-0.1, -0.05) is 54.6 Å². The molecule has 0 spiro atoms. The topological polar surface area (TPSA) is 67.9 Å². The van der Waals surface area contributed by atoms with Crippen molar-refractivity contribution >= 4 is 23.7 Å². The Morgan fingerprint density at radius 3 is 2.30 bits per heavy atom. The summed E-state index contributed by atoms with van der Waals surface area (Å²) in [6.45, 7) is 0.384. The molecule has 1 saturated heterocycles. The summed E-state index contributed by atoms with van der Waals surface area (Å²) in [4.78, 5) is 26.2. The van der Waals surface area contributed by atoms with E-state index in [0.29, 0.717) is 29.4 Å². The summed E-state index contributed by atoms with van der Waals surface area (Å²) in [5.41, 5.74) is 2.45. The van der Waals surface area contributed by atoms with Crippen LogP contribution in [0.4, 0.5) is 10.5 Å². The number of imide groups is 1. The van der Waals surface area contributed by atoms with Crippen molar-refractivity contribution < 1.29 is 19.1 Å². The second-order valence-corrected chi connectivity index (χ2v) is 6.65. The number of ether oxygens (including phenoxy) is 2. The molecule has 0 aliphatic carbocycles. The minimum absolute atomic E-state index is 0.197. The van der Waals surface area contributed by atoms with Gasteiger partial charge in [-0.3, -0.25) is 4.79 Å². The first-order chi connectivity index (χ1) is 14.7. The van der Waals surface area contributed by atoms with E-state index in [9.17, 15) is 9.59 Å². The number of carbonyl (C=O) groups is 2. The highest BCUT2D eigenvalue weighted by Gasteiger charge is 2.34. The van der Waals surface area contributed by atoms with E-state index in [0.717, 1.165) is 10.5 Å². The normalized spacial score (nSPS) is 14.7. The van der Waals surface area contributed by atoms with Gasteiger partial charge in [0.1, 0.15) is 12.3 Å². The van der Waals surface area contributed by atoms with Gasteiger partial charge in [0.25, 0.3) is 5.91 Å². The van der Waals surface area contributed by atoms with Crippen LogP contribution in [0, 0.1) is 0 Å². The first-order valence-corrected chi connectivity index (χ1v) is 9.42. The fourth-order valence-electron chi connectivity index (χ4n) is 3.14. The second kappa shape index (κ2) is 8.53. The van der Waals surface area contributed by atoms with Gasteiger partial charge in [0.15, 0.2) is 11.5 Å². The molecule has 0 unspecified atom stereocenters. The summed E-state index contributed by atoms with van der Waals surface area (Å²) in [5.74, 6) is 0.724. The van der Waals surface area contributed by atoms with E-state index in [2.05, 4.69) is 5.32 Å². The molecule has 0 radical (unpaired) electrons. The minimum Gasteiger partial charge on any atom is -0.493 e. The van der Waals surface area contributed by atoms with Crippen LogP contribution in [-0.2, 0) is 11.4 Å². The molecule has 1 fully saturated rings. The van der Waals surface area contributed by atoms with E-state index in [1.54, 1.807) is 55.7 Å². The molecule has 1 N–H and O–H groups in total. The Kier molecular flexibility index (Phi) is 5.48. The highest BCUT2D eigenvalue weighted by atomic mass is 16.5. The lowest BCUT2D eigenvalue weighted by molar-refractivity contribution is -0.113. The van der Waals surface area contributed by atoms with Crippen LogP contribution in [0.5, 0.6) is 11.5 Å². The molecule has 0 saturated carbocycles. The Labute approximate surface area is 174 Å². The van der Waals surface area contributed by atoms with Crippen LogP contribution in [0.2, 0.25) is 0 Å². The number of nitrogens with zero attached hydrogens (tertiary/aromatic N) is 1. The van der Waals surface area contributed by atoms with Crippen molar-refractivity contribution in [2.45, 2.75) is 6.61 Å². The van der Waals surface area contributed by atoms with Crippen LogP contribution in [0.1, 0.15) is 11.1 Å². The van der Waals surface area contributed by atoms with Crippen LogP contribution in [0.25, 0.3) is 6.08 Å². The van der Waals surface area contributed by atoms with Crippen molar-refractivity contribution in [3.05, 3.63) is 95.7 Å². The monoisotopic (exact) mass is 400 g/mol. The van der Waals surface area contributed by atoms with Crippen LogP contribution in [-0.4, -0.2) is 19.0 Å². The Hall–Kier alpha value is -4.06. The van der Waals surface area contributed by atoms with Crippen molar-refractivity contribution in [3.8, 4) is 11.5 Å². The first-order valence-electron chi connectivity index (χ1n) is 9.42. The summed E-state index contributed by atoms with van der Waals surface area (Å²) < 4.78 is 11.3. The average molecular weight is 400 g/mol. The smallest absolute Gasteiger partial charge is 0.333 e. The van der Waals surface area contributed by atoms with Gasteiger partial charge < -0.3 is 14.8 Å². The number of hydrogen-bond acceptors (Lipinski definition) is 4. The number of benzene rings is 3. The van der Waals surface area contributed by atoms with Gasteiger partial charge in [0.2, 0.25) is 0 Å². The number of hydrogen-bond donors (Lipinski definition) is 1. The molecule has 1 heterocycles. The molecule has 6 heteroatoms. The van der Waals surface area contributed by atoms with E-state index in [1.807, 2.05) is 36.4 Å². The van der Waals surface area contributed by atoms with Crippen LogP contribution >= 0.6 is 0 Å². The predicted octanol–water partition coefficient (Wildman–Crippen LogP) is 4.37. The van der Waals surface area contributed by atoms with Crippen LogP contribution < -0.4 is 19.7 Å². The standard InChI is InChI=1S/C24H20N2O4/c1-29-21-13-12-18(15-22(21)30-16-17-8-4-2-5-9-17)14-20-23(27)26(24(28)25-20)19-10-6-3-7-11-19/h2-15H,16H2,1H3,(H,25,28)/b20-14+. The van der Waals surface area contributed by atoms with Crippen molar-refractivity contribution in [1.29, 1.82) is 0 Å². The third kappa shape index (κ3) is 4.03. The molecular formula is C24H20N2O4. The molecule has 0 atom stereocenters. The number of amides is 3. The molecule has 150 valence electrons. The van der Waals surface area contributed by atoms with E-state index in [4.69, 9.17) is 9.47 Å². The maximum absolute atomic E-state index is 12.8. The quantitative estimate of drug-likeness (QED) is 0.493. The van der Waals surface area contributed by atoms with E-state index >= 15 is 0 Å². The van der Waals surface area contributed by atoms with Crippen molar-refractivity contribution in [2.75, 3.05) is 12.0 Å². The van der Waals surface area contributed by atoms with Crippen molar-refractivity contribution in [2.24, 2.45) is 0 Å². The molecule has 0 aromatic heterocycles. The minimum atomic E-state index is -0.480. The SMILES string of the molecule is COc1ccc(/C=C2/NC(=O)N(c3ccccc3)C2=O)cc1OCc1ccccc1. The zero-order valence-electron chi connectivity index (χ0n) is 16.4. The van der Waals surface area contributed by atoms with Crippen molar-refractivity contribution in [3.63, 3.8) is 0 Å². The number of rotatable bonds is 6. The summed E-state index contributed by atoms with van der Waals surface area (Å²) in [6.07, 6.45) is 1.62. The summed E-state index contributed by atoms with van der Waals surface area (Å²) >= 11 is 0. The third-order valence-corrected chi connectivity index (χ3v) is 4.63. The van der Waals surface area contributed by atoms with Gasteiger partial charge in [0, 0.05) is 0 Å². The lowest BCUT2D eigenvalue weighted by atomic mass is 10.1. The molecule has 0 bridgehead atoms. The Morgan fingerprint density at radius 2 is 1.60 bits per heavy atom. The summed E-state index contributed by atoms with van der Waals surface area (Å²) in [6, 6.07) is 23.5. The molecule has 4 rings (SSSR count). The molecule has 3 aromatic rings. The number of nitrogens with one attached hydrogen (secondary N) is 1. The highest BCUT2D eigenvalue weighted by Crippen LogP contribution is 2.30. The van der Waals surface area contributed by atoms with Gasteiger partial charge in [-0.05, 0) is 41.5 Å². The molecule has 6 nitrogen and oxygen atoms in total. The number of para-hydroxylation sites is 1. The Bertz CT molecular complexity index is 1090. The molecule has 3 amide bonds. The fraction of sp³-hybridized carbons (Fsp3) is 0.0833. The largest absolute Gasteiger partial charge is 0.493 e. The van der Waals surface area contributed by atoms with Crippen LogP contribution in [0.3, 0.4) is 0 Å². The van der Waals surface area contributed by atoms with E-state index in [1.165, 1.54) is 0 Å². The van der Waals surface area contributed by atoms with Gasteiger partial charge in [-0.2, -0.15) is 0 Å². The zero-order valence-corrected chi connectivity index (χ0v) is 16.4. The van der Waals surface area contributed by atoms with Crippen LogP contribution in [0.15, 0.2) is 84.6 Å². The maximum atomic E-state index is 12.8. The molecular weight excluding hydrogens is 380 g/mol. The first kappa shape index (κ1) is 19.3. The molecule has 1 aliphatic rings. The second-order valence-electron chi connectivity index (χ2n) is 6.65. The lowest BCUT2D eigenvalue weighted by Gasteiger charge is -2.12. The zero-order chi connectivity index (χ0) is 20.9. The maximum Gasteiger partial charge on any atom is 0.333 e. The van der Waals surface area contributed by atoms with Gasteiger partial charge in [-0.15, -0.1) is 0 Å². The number of anilines is 1. The molecule has 3 aromatic carbocycles. The number of urea groups is 1. The highest BCUT2D eigenvalue weighted by molar-refractivity contribution is 6.28. The van der Waals surface area contributed by atoms with Gasteiger partial charge in [0.05, 0.1) is 12.8 Å². The van der Waals surface area contributed by atoms with Gasteiger partial charge >= 0.3 is 6.03 Å².